The number of aliphatic hydroxyl groups excluding tert-OH is 1. The van der Waals surface area contributed by atoms with E-state index in [9.17, 15) is 19.4 Å². The monoisotopic (exact) mass is 577 g/mol. The first-order valence-corrected chi connectivity index (χ1v) is 16.9. The van der Waals surface area contributed by atoms with E-state index in [1.165, 1.54) is 89.9 Å². The highest BCUT2D eigenvalue weighted by molar-refractivity contribution is 7.45. The zero-order chi connectivity index (χ0) is 29.2. The van der Waals surface area contributed by atoms with Crippen LogP contribution in [-0.4, -0.2) is 69.2 Å². The number of ether oxygens (including phenoxy) is 1. The summed E-state index contributed by atoms with van der Waals surface area (Å²) in [6.45, 7) is 1.94. The summed E-state index contributed by atoms with van der Waals surface area (Å²) >= 11 is 0. The summed E-state index contributed by atoms with van der Waals surface area (Å²) in [5.41, 5.74) is 0. The van der Waals surface area contributed by atoms with E-state index < -0.39 is 20.5 Å². The second kappa shape index (κ2) is 25.0. The Morgan fingerprint density at radius 2 is 1.28 bits per heavy atom. The summed E-state index contributed by atoms with van der Waals surface area (Å²) in [4.78, 5) is 23.6. The van der Waals surface area contributed by atoms with Crippen LogP contribution in [-0.2, 0) is 23.1 Å². The molecule has 0 saturated heterocycles. The molecule has 9 heteroatoms. The van der Waals surface area contributed by atoms with Crippen molar-refractivity contribution in [1.82, 2.24) is 0 Å². The molecule has 0 fully saturated rings. The maximum absolute atomic E-state index is 11.8. The van der Waals surface area contributed by atoms with Crippen molar-refractivity contribution < 1.29 is 37.6 Å². The van der Waals surface area contributed by atoms with Gasteiger partial charge in [-0.3, -0.25) is 9.36 Å². The molecule has 0 saturated carbocycles. The van der Waals surface area contributed by atoms with Crippen LogP contribution in [0.4, 0.5) is 0 Å². The molecule has 0 rings (SSSR count). The van der Waals surface area contributed by atoms with E-state index in [1.807, 2.05) is 21.1 Å². The second-order valence-corrected chi connectivity index (χ2v) is 13.1. The average Bonchev–Trinajstić information content (AvgIpc) is 2.86. The Hall–Kier alpha value is -0.760. The summed E-state index contributed by atoms with van der Waals surface area (Å²) in [6.07, 6.45) is 24.9. The quantitative estimate of drug-likeness (QED) is 0.0363. The first-order valence-electron chi connectivity index (χ1n) is 15.4. The fourth-order valence-electron chi connectivity index (χ4n) is 4.00. The number of phosphoric acid groups is 1. The smallest absolute Gasteiger partial charge is 0.305 e. The average molecular weight is 578 g/mol. The summed E-state index contributed by atoms with van der Waals surface area (Å²) in [5, 5.41) is 9.83. The summed E-state index contributed by atoms with van der Waals surface area (Å²) < 4.78 is 26.7. The van der Waals surface area contributed by atoms with E-state index in [-0.39, 0.29) is 19.2 Å². The molecule has 2 atom stereocenters. The molecular formula is C30H60NO7P. The molecule has 0 aromatic carbocycles. The molecule has 0 amide bonds. The zero-order valence-electron chi connectivity index (χ0n) is 25.6. The van der Waals surface area contributed by atoms with Gasteiger partial charge in [0.25, 0.3) is 7.82 Å². The van der Waals surface area contributed by atoms with Gasteiger partial charge in [-0.1, -0.05) is 96.1 Å². The number of unbranched alkanes of at least 4 members (excludes halogenated alkanes) is 15. The molecule has 0 bridgehead atoms. The molecule has 1 unspecified atom stereocenters. The Kier molecular flexibility index (Phi) is 24.5. The molecular weight excluding hydrogens is 517 g/mol. The molecule has 0 aliphatic carbocycles. The van der Waals surface area contributed by atoms with E-state index in [4.69, 9.17) is 9.26 Å². The van der Waals surface area contributed by atoms with Crippen molar-refractivity contribution in [2.75, 3.05) is 47.5 Å². The minimum Gasteiger partial charge on any atom is -0.756 e. The molecule has 8 nitrogen and oxygen atoms in total. The van der Waals surface area contributed by atoms with Crippen molar-refractivity contribution in [3.05, 3.63) is 12.2 Å². The van der Waals surface area contributed by atoms with Crippen LogP contribution in [0.5, 0.6) is 0 Å². The van der Waals surface area contributed by atoms with Crippen molar-refractivity contribution in [3.63, 3.8) is 0 Å². The van der Waals surface area contributed by atoms with Crippen molar-refractivity contribution in [3.8, 4) is 0 Å². The van der Waals surface area contributed by atoms with Crippen molar-refractivity contribution in [2.24, 2.45) is 0 Å². The molecule has 0 aromatic heterocycles. The molecule has 0 heterocycles. The number of esters is 1. The van der Waals surface area contributed by atoms with Crippen molar-refractivity contribution in [2.45, 2.75) is 129 Å². The van der Waals surface area contributed by atoms with Crippen molar-refractivity contribution >= 4 is 13.8 Å². The first kappa shape index (κ1) is 38.2. The van der Waals surface area contributed by atoms with Crippen molar-refractivity contribution in [1.29, 1.82) is 0 Å². The third-order valence-corrected chi connectivity index (χ3v) is 7.48. The molecule has 0 spiro atoms. The Balaban J connectivity index is 3.50. The van der Waals surface area contributed by atoms with Crippen LogP contribution in [0.2, 0.25) is 0 Å². The van der Waals surface area contributed by atoms with Gasteiger partial charge in [0.1, 0.15) is 25.9 Å². The topological polar surface area (TPSA) is 105 Å². The lowest BCUT2D eigenvalue weighted by atomic mass is 10.1. The van der Waals surface area contributed by atoms with Crippen LogP contribution in [0.1, 0.15) is 122 Å². The number of quaternary nitrogens is 1. The maximum atomic E-state index is 11.8. The maximum Gasteiger partial charge on any atom is 0.305 e. The molecule has 0 aliphatic rings. The highest BCUT2D eigenvalue weighted by Gasteiger charge is 2.16. The van der Waals surface area contributed by atoms with Crippen LogP contribution in [0, 0.1) is 0 Å². The molecule has 39 heavy (non-hydrogen) atoms. The van der Waals surface area contributed by atoms with Crippen LogP contribution in [0.25, 0.3) is 0 Å². The normalized spacial score (nSPS) is 14.5. The number of hydrogen-bond donors (Lipinski definition) is 1. The van der Waals surface area contributed by atoms with Gasteiger partial charge in [0.05, 0.1) is 27.7 Å². The Bertz CT molecular complexity index is 652. The molecule has 0 aromatic rings. The van der Waals surface area contributed by atoms with Crippen LogP contribution in [0.15, 0.2) is 12.2 Å². The molecule has 0 aliphatic heterocycles. The molecule has 0 radical (unpaired) electrons. The predicted octanol–water partition coefficient (Wildman–Crippen LogP) is 6.70. The SMILES string of the molecule is CCCCCCCC/C=C/CCCCCCCCCCCC(=O)OC[C@@H](O)COP(=O)([O-])OCC[N+](C)(C)C. The third-order valence-electron chi connectivity index (χ3n) is 6.52. The number of hydrogen-bond acceptors (Lipinski definition) is 7. The van der Waals surface area contributed by atoms with E-state index in [1.54, 1.807) is 0 Å². The van der Waals surface area contributed by atoms with Gasteiger partial charge in [0.15, 0.2) is 0 Å². The van der Waals surface area contributed by atoms with E-state index in [2.05, 4.69) is 23.6 Å². The summed E-state index contributed by atoms with van der Waals surface area (Å²) in [5.74, 6) is -0.389. The van der Waals surface area contributed by atoms with Gasteiger partial charge in [-0.05, 0) is 32.1 Å². The van der Waals surface area contributed by atoms with Gasteiger partial charge in [-0.25, -0.2) is 0 Å². The van der Waals surface area contributed by atoms with E-state index >= 15 is 0 Å². The van der Waals surface area contributed by atoms with E-state index in [0.29, 0.717) is 17.4 Å². The minimum absolute atomic E-state index is 0.00733. The highest BCUT2D eigenvalue weighted by atomic mass is 31.2. The number of nitrogens with zero attached hydrogens (tertiary/aromatic N) is 1. The first-order chi connectivity index (χ1) is 18.6. The largest absolute Gasteiger partial charge is 0.756 e. The zero-order valence-corrected chi connectivity index (χ0v) is 26.5. The fourth-order valence-corrected chi connectivity index (χ4v) is 4.73. The number of aliphatic hydroxyl groups is 1. The van der Waals surface area contributed by atoms with Gasteiger partial charge >= 0.3 is 5.97 Å². The Morgan fingerprint density at radius 3 is 1.79 bits per heavy atom. The highest BCUT2D eigenvalue weighted by Crippen LogP contribution is 2.38. The number of carbonyl (C=O) groups excluding carboxylic acids is 1. The number of carbonyl (C=O) groups is 1. The lowest BCUT2D eigenvalue weighted by Crippen LogP contribution is -2.37. The van der Waals surface area contributed by atoms with Gasteiger partial charge in [0.2, 0.25) is 0 Å². The van der Waals surface area contributed by atoms with Gasteiger partial charge in [-0.15, -0.1) is 0 Å². The number of phosphoric ester groups is 1. The van der Waals surface area contributed by atoms with Crippen LogP contribution >= 0.6 is 7.82 Å². The number of likely N-dealkylation sites (N-methyl/N-ethyl adjacent to an activating group) is 1. The van der Waals surface area contributed by atoms with Crippen LogP contribution < -0.4 is 4.89 Å². The Labute approximate surface area is 239 Å². The minimum atomic E-state index is -4.49. The van der Waals surface area contributed by atoms with Gasteiger partial charge in [-0.2, -0.15) is 0 Å². The standard InChI is InChI=1S/C30H60NO7P/c1-5-6-7-8-9-10-11-12-13-14-15-16-17-18-19-20-21-22-23-24-30(33)36-27-29(32)28-38-39(34,35)37-26-25-31(2,3)4/h12-13,29,32H,5-11,14-28H2,1-4H3/b13-12+/t29-/m1/s1. The Morgan fingerprint density at radius 1 is 0.795 bits per heavy atom. The van der Waals surface area contributed by atoms with Gasteiger partial charge in [0, 0.05) is 6.42 Å². The van der Waals surface area contributed by atoms with E-state index in [0.717, 1.165) is 19.3 Å². The molecule has 232 valence electrons. The van der Waals surface area contributed by atoms with Crippen LogP contribution in [0.3, 0.4) is 0 Å². The van der Waals surface area contributed by atoms with Gasteiger partial charge < -0.3 is 28.3 Å². The lowest BCUT2D eigenvalue weighted by molar-refractivity contribution is -0.870. The predicted molar refractivity (Wildman–Crippen MR) is 157 cm³/mol. The lowest BCUT2D eigenvalue weighted by Gasteiger charge is -2.27. The second-order valence-electron chi connectivity index (χ2n) is 11.7. The summed E-state index contributed by atoms with van der Waals surface area (Å²) in [6, 6.07) is 0. The third kappa shape index (κ3) is 30.0. The number of allylic oxidation sites excluding steroid dienone is 2. The summed E-state index contributed by atoms with van der Waals surface area (Å²) in [7, 11) is 1.25. The fraction of sp³-hybridized carbons (Fsp3) is 0.900. The number of rotatable bonds is 28. The molecule has 1 N–H and O–H groups in total.